The van der Waals surface area contributed by atoms with E-state index in [1.807, 2.05) is 6.07 Å². The lowest BCUT2D eigenvalue weighted by molar-refractivity contribution is 0.0346. The van der Waals surface area contributed by atoms with E-state index in [4.69, 9.17) is 9.15 Å². The van der Waals surface area contributed by atoms with E-state index < -0.39 is 6.10 Å². The standard InChI is InChI=1S/C14H25NO3/c1-12(2)4-3-6-17-11-14(16)9-15-8-13-5-7-18-10-13/h5,7,10,12,14-16H,3-4,6,8-9,11H2,1-2H3. The number of hydrogen-bond acceptors (Lipinski definition) is 4. The fourth-order valence-corrected chi connectivity index (χ4v) is 1.65. The summed E-state index contributed by atoms with van der Waals surface area (Å²) in [5.41, 5.74) is 1.08. The average Bonchev–Trinajstić information content (AvgIpc) is 2.81. The molecule has 104 valence electrons. The molecule has 0 amide bonds. The lowest BCUT2D eigenvalue weighted by Crippen LogP contribution is -2.30. The molecule has 0 fully saturated rings. The van der Waals surface area contributed by atoms with Crippen LogP contribution < -0.4 is 5.32 Å². The monoisotopic (exact) mass is 255 g/mol. The van der Waals surface area contributed by atoms with Gasteiger partial charge in [0, 0.05) is 25.3 Å². The fraction of sp³-hybridized carbons (Fsp3) is 0.714. The van der Waals surface area contributed by atoms with Crippen LogP contribution in [0.3, 0.4) is 0 Å². The minimum atomic E-state index is -0.448. The number of furan rings is 1. The molecule has 0 bridgehead atoms. The maximum Gasteiger partial charge on any atom is 0.0947 e. The molecule has 0 aliphatic heterocycles. The molecule has 1 atom stereocenters. The van der Waals surface area contributed by atoms with Gasteiger partial charge in [0.2, 0.25) is 0 Å². The third kappa shape index (κ3) is 7.48. The molecule has 0 aliphatic carbocycles. The molecule has 1 heterocycles. The Kier molecular flexibility index (Phi) is 7.73. The van der Waals surface area contributed by atoms with E-state index in [0.717, 1.165) is 24.5 Å². The maximum absolute atomic E-state index is 9.68. The van der Waals surface area contributed by atoms with Gasteiger partial charge in [0.25, 0.3) is 0 Å². The normalized spacial score (nSPS) is 13.1. The molecule has 1 aromatic rings. The highest BCUT2D eigenvalue weighted by Crippen LogP contribution is 2.03. The van der Waals surface area contributed by atoms with Gasteiger partial charge in [-0.05, 0) is 24.8 Å². The molecule has 4 heteroatoms. The second-order valence-electron chi connectivity index (χ2n) is 5.03. The average molecular weight is 255 g/mol. The summed E-state index contributed by atoms with van der Waals surface area (Å²) in [6, 6.07) is 1.90. The Labute approximate surface area is 109 Å². The van der Waals surface area contributed by atoms with Crippen molar-refractivity contribution in [2.45, 2.75) is 39.3 Å². The van der Waals surface area contributed by atoms with E-state index in [0.29, 0.717) is 19.7 Å². The van der Waals surface area contributed by atoms with E-state index in [1.54, 1.807) is 12.5 Å². The first-order valence-electron chi connectivity index (χ1n) is 6.66. The first-order chi connectivity index (χ1) is 8.68. The van der Waals surface area contributed by atoms with E-state index in [9.17, 15) is 5.11 Å². The summed E-state index contributed by atoms with van der Waals surface area (Å²) in [7, 11) is 0. The molecule has 0 spiro atoms. The number of aliphatic hydroxyl groups excluding tert-OH is 1. The molecule has 1 unspecified atom stereocenters. The van der Waals surface area contributed by atoms with E-state index in [2.05, 4.69) is 19.2 Å². The van der Waals surface area contributed by atoms with Crippen LogP contribution in [0.15, 0.2) is 23.0 Å². The smallest absolute Gasteiger partial charge is 0.0947 e. The van der Waals surface area contributed by atoms with Crippen LogP contribution in [-0.2, 0) is 11.3 Å². The molecule has 1 rings (SSSR count). The van der Waals surface area contributed by atoms with Crippen LogP contribution in [0, 0.1) is 5.92 Å². The molecule has 0 saturated heterocycles. The first-order valence-corrected chi connectivity index (χ1v) is 6.66. The third-order valence-electron chi connectivity index (χ3n) is 2.67. The lowest BCUT2D eigenvalue weighted by Gasteiger charge is -2.12. The predicted octanol–water partition coefficient (Wildman–Crippen LogP) is 2.18. The van der Waals surface area contributed by atoms with E-state index in [1.165, 1.54) is 6.42 Å². The van der Waals surface area contributed by atoms with Crippen molar-refractivity contribution in [3.63, 3.8) is 0 Å². The second kappa shape index (κ2) is 9.14. The summed E-state index contributed by atoms with van der Waals surface area (Å²) in [6.45, 7) is 6.78. The Balaban J connectivity index is 1.92. The topological polar surface area (TPSA) is 54.6 Å². The first kappa shape index (κ1) is 15.2. The highest BCUT2D eigenvalue weighted by molar-refractivity contribution is 5.04. The quantitative estimate of drug-likeness (QED) is 0.629. The molecule has 4 nitrogen and oxygen atoms in total. The van der Waals surface area contributed by atoms with Gasteiger partial charge in [-0.1, -0.05) is 13.8 Å². The second-order valence-corrected chi connectivity index (χ2v) is 5.03. The van der Waals surface area contributed by atoms with Crippen LogP contribution >= 0.6 is 0 Å². The van der Waals surface area contributed by atoms with Crippen molar-refractivity contribution in [2.75, 3.05) is 19.8 Å². The van der Waals surface area contributed by atoms with Crippen molar-refractivity contribution >= 4 is 0 Å². The molecule has 1 aromatic heterocycles. The summed E-state index contributed by atoms with van der Waals surface area (Å²) < 4.78 is 10.4. The van der Waals surface area contributed by atoms with Gasteiger partial charge in [0.1, 0.15) is 0 Å². The summed E-state index contributed by atoms with van der Waals surface area (Å²) in [6.07, 6.45) is 5.13. The SMILES string of the molecule is CC(C)CCCOCC(O)CNCc1ccoc1. The zero-order valence-electron chi connectivity index (χ0n) is 11.4. The van der Waals surface area contributed by atoms with Crippen LogP contribution in [0.5, 0.6) is 0 Å². The van der Waals surface area contributed by atoms with Crippen LogP contribution in [0.4, 0.5) is 0 Å². The van der Waals surface area contributed by atoms with E-state index in [-0.39, 0.29) is 0 Å². The van der Waals surface area contributed by atoms with Gasteiger partial charge in [0.05, 0.1) is 25.2 Å². The Hall–Kier alpha value is -0.840. The fourth-order valence-electron chi connectivity index (χ4n) is 1.65. The lowest BCUT2D eigenvalue weighted by atomic mass is 10.1. The van der Waals surface area contributed by atoms with Crippen LogP contribution in [0.1, 0.15) is 32.3 Å². The van der Waals surface area contributed by atoms with Crippen molar-refractivity contribution in [3.05, 3.63) is 24.2 Å². The maximum atomic E-state index is 9.68. The van der Waals surface area contributed by atoms with E-state index >= 15 is 0 Å². The van der Waals surface area contributed by atoms with Crippen molar-refractivity contribution < 1.29 is 14.3 Å². The van der Waals surface area contributed by atoms with Crippen molar-refractivity contribution in [3.8, 4) is 0 Å². The highest BCUT2D eigenvalue weighted by Gasteiger charge is 2.04. The Morgan fingerprint density at radius 2 is 2.28 bits per heavy atom. The Morgan fingerprint density at radius 1 is 1.44 bits per heavy atom. The van der Waals surface area contributed by atoms with Crippen molar-refractivity contribution in [1.82, 2.24) is 5.32 Å². The van der Waals surface area contributed by atoms with Gasteiger partial charge in [-0.25, -0.2) is 0 Å². The predicted molar refractivity (Wildman–Crippen MR) is 71.3 cm³/mol. The number of rotatable bonds is 10. The third-order valence-corrected chi connectivity index (χ3v) is 2.67. The molecule has 0 aliphatic rings. The van der Waals surface area contributed by atoms with Crippen LogP contribution in [0.25, 0.3) is 0 Å². The zero-order valence-corrected chi connectivity index (χ0v) is 11.4. The van der Waals surface area contributed by atoms with Gasteiger partial charge in [-0.15, -0.1) is 0 Å². The molecular formula is C14H25NO3. The van der Waals surface area contributed by atoms with Gasteiger partial charge < -0.3 is 19.6 Å². The number of ether oxygens (including phenoxy) is 1. The Morgan fingerprint density at radius 3 is 2.94 bits per heavy atom. The molecule has 0 saturated carbocycles. The summed E-state index contributed by atoms with van der Waals surface area (Å²) in [5.74, 6) is 0.718. The van der Waals surface area contributed by atoms with Crippen LogP contribution in [-0.4, -0.2) is 31.0 Å². The number of nitrogens with one attached hydrogen (secondary N) is 1. The molecule has 2 N–H and O–H groups in total. The number of hydrogen-bond donors (Lipinski definition) is 2. The molecule has 18 heavy (non-hydrogen) atoms. The molecule has 0 aromatic carbocycles. The minimum absolute atomic E-state index is 0.399. The Bertz CT molecular complexity index is 285. The minimum Gasteiger partial charge on any atom is -0.472 e. The van der Waals surface area contributed by atoms with Gasteiger partial charge in [-0.2, -0.15) is 0 Å². The summed E-state index contributed by atoms with van der Waals surface area (Å²) in [4.78, 5) is 0. The highest BCUT2D eigenvalue weighted by atomic mass is 16.5. The largest absolute Gasteiger partial charge is 0.472 e. The van der Waals surface area contributed by atoms with Gasteiger partial charge >= 0.3 is 0 Å². The number of aliphatic hydroxyl groups is 1. The van der Waals surface area contributed by atoms with Gasteiger partial charge in [-0.3, -0.25) is 0 Å². The summed E-state index contributed by atoms with van der Waals surface area (Å²) in [5, 5.41) is 12.8. The van der Waals surface area contributed by atoms with Crippen molar-refractivity contribution in [1.29, 1.82) is 0 Å². The molecule has 0 radical (unpaired) electrons. The van der Waals surface area contributed by atoms with Crippen LogP contribution in [0.2, 0.25) is 0 Å². The summed E-state index contributed by atoms with van der Waals surface area (Å²) >= 11 is 0. The zero-order chi connectivity index (χ0) is 13.2. The molecular weight excluding hydrogens is 230 g/mol. The van der Waals surface area contributed by atoms with Crippen molar-refractivity contribution in [2.24, 2.45) is 5.92 Å². The van der Waals surface area contributed by atoms with Gasteiger partial charge in [0.15, 0.2) is 0 Å².